The number of urea groups is 1. The number of hydroxylamine groups is 2. The van der Waals surface area contributed by atoms with Gasteiger partial charge in [0.2, 0.25) is 12.3 Å². The fourth-order valence-corrected chi connectivity index (χ4v) is 3.64. The molecule has 4 heterocycles. The molecule has 2 bridgehead atoms. The molecule has 2 fully saturated rings. The van der Waals surface area contributed by atoms with Gasteiger partial charge in [0.15, 0.2) is 0 Å². The van der Waals surface area contributed by atoms with E-state index in [1.54, 1.807) is 18.2 Å². The lowest BCUT2D eigenvalue weighted by atomic mass is 10.0. The van der Waals surface area contributed by atoms with Crippen LogP contribution in [0.3, 0.4) is 0 Å². The quantitative estimate of drug-likeness (QED) is 0.501. The molecule has 2 aliphatic rings. The maximum Gasteiger partial charge on any atom is 0.418 e. The van der Waals surface area contributed by atoms with E-state index in [2.05, 4.69) is 24.8 Å². The summed E-state index contributed by atoms with van der Waals surface area (Å²) in [6, 6.07) is 3.05. The van der Waals surface area contributed by atoms with Gasteiger partial charge < -0.3 is 14.6 Å². The first-order valence-corrected chi connectivity index (χ1v) is 9.50. The number of nitrogens with one attached hydrogen (secondary N) is 1. The van der Waals surface area contributed by atoms with E-state index >= 15 is 0 Å². The van der Waals surface area contributed by atoms with Gasteiger partial charge >= 0.3 is 16.4 Å². The number of carbonyl (C=O) groups is 2. The van der Waals surface area contributed by atoms with E-state index in [0.29, 0.717) is 35.8 Å². The van der Waals surface area contributed by atoms with Gasteiger partial charge in [0.05, 0.1) is 6.04 Å². The third kappa shape index (κ3) is 3.39. The molecule has 4 rings (SSSR count). The molecule has 0 saturated carbocycles. The van der Waals surface area contributed by atoms with Crippen LogP contribution in [0.25, 0.3) is 11.6 Å². The van der Waals surface area contributed by atoms with Gasteiger partial charge in [0.1, 0.15) is 17.6 Å². The smallest absolute Gasteiger partial charge is 0.417 e. The molecule has 0 radical (unpaired) electrons. The minimum Gasteiger partial charge on any atom is -0.417 e. The molecular weight excluding hydrogens is 396 g/mol. The number of hydrogen-bond acceptors (Lipinski definition) is 9. The Morgan fingerprint density at radius 1 is 1.32 bits per heavy atom. The van der Waals surface area contributed by atoms with Crippen molar-refractivity contribution in [3.05, 3.63) is 24.1 Å². The molecule has 1 unspecified atom stereocenters. The summed E-state index contributed by atoms with van der Waals surface area (Å²) in [5.74, 6) is 0.566. The molecule has 2 aromatic rings. The number of fused-ring (bicyclic) bond motifs is 2. The largest absolute Gasteiger partial charge is 0.418 e. The Balaban J connectivity index is 1.56. The van der Waals surface area contributed by atoms with Crippen LogP contribution in [0.15, 0.2) is 22.6 Å². The summed E-state index contributed by atoms with van der Waals surface area (Å²) in [7, 11) is -4.81. The first-order valence-electron chi connectivity index (χ1n) is 8.13. The Kier molecular flexibility index (Phi) is 4.44. The Hall–Kier alpha value is -3.10. The second-order valence-corrected chi connectivity index (χ2v) is 7.13. The van der Waals surface area contributed by atoms with Crippen LogP contribution in [0.2, 0.25) is 0 Å². The van der Waals surface area contributed by atoms with E-state index in [-0.39, 0.29) is 18.3 Å². The van der Waals surface area contributed by atoms with Crippen molar-refractivity contribution in [1.29, 1.82) is 0 Å². The Labute approximate surface area is 158 Å². The molecule has 148 valence electrons. The minimum absolute atomic E-state index is 0.101. The van der Waals surface area contributed by atoms with Crippen molar-refractivity contribution in [2.24, 2.45) is 0 Å². The van der Waals surface area contributed by atoms with E-state index in [0.717, 1.165) is 0 Å². The van der Waals surface area contributed by atoms with Gasteiger partial charge in [-0.15, -0.1) is 14.5 Å². The Morgan fingerprint density at radius 2 is 2.14 bits per heavy atom. The average molecular weight is 410 g/mol. The van der Waals surface area contributed by atoms with Crippen molar-refractivity contribution in [2.75, 3.05) is 11.9 Å². The summed E-state index contributed by atoms with van der Waals surface area (Å²) < 4.78 is 40.8. The molecule has 14 heteroatoms. The van der Waals surface area contributed by atoms with E-state index in [1.165, 1.54) is 4.90 Å². The highest BCUT2D eigenvalue weighted by atomic mass is 32.3. The van der Waals surface area contributed by atoms with Crippen molar-refractivity contribution in [3.63, 3.8) is 0 Å². The number of nitrogens with zero attached hydrogens (tertiary/aromatic N) is 5. The van der Waals surface area contributed by atoms with Gasteiger partial charge in [-0.3, -0.25) is 9.35 Å². The third-order valence-electron chi connectivity index (χ3n) is 4.40. The van der Waals surface area contributed by atoms with Crippen molar-refractivity contribution in [3.8, 4) is 11.6 Å². The molecule has 2 aliphatic heterocycles. The minimum atomic E-state index is -4.81. The normalized spacial score (nSPS) is 21.8. The van der Waals surface area contributed by atoms with Crippen LogP contribution in [0.5, 0.6) is 0 Å². The zero-order valence-corrected chi connectivity index (χ0v) is 14.9. The van der Waals surface area contributed by atoms with Crippen LogP contribution in [0.4, 0.5) is 10.6 Å². The maximum absolute atomic E-state index is 12.4. The lowest BCUT2D eigenvalue weighted by molar-refractivity contribution is -0.105. The van der Waals surface area contributed by atoms with Crippen LogP contribution < -0.4 is 5.32 Å². The van der Waals surface area contributed by atoms with E-state index in [9.17, 15) is 18.0 Å². The van der Waals surface area contributed by atoms with Gasteiger partial charge in [-0.05, 0) is 25.0 Å². The highest BCUT2D eigenvalue weighted by Crippen LogP contribution is 2.38. The summed E-state index contributed by atoms with van der Waals surface area (Å²) in [5.41, 5.74) is 0.336. The first kappa shape index (κ1) is 18.3. The lowest BCUT2D eigenvalue weighted by Gasteiger charge is -2.27. The number of piperidine rings is 1. The second-order valence-electron chi connectivity index (χ2n) is 6.13. The van der Waals surface area contributed by atoms with Gasteiger partial charge in [-0.1, -0.05) is 6.07 Å². The fraction of sp³-hybridized carbons (Fsp3) is 0.357. The van der Waals surface area contributed by atoms with Crippen molar-refractivity contribution >= 4 is 28.7 Å². The number of aromatic nitrogens is 3. The number of pyridine rings is 1. The molecule has 2 aromatic heterocycles. The molecule has 28 heavy (non-hydrogen) atoms. The third-order valence-corrected chi connectivity index (χ3v) is 4.75. The first-order chi connectivity index (χ1) is 13.4. The topological polar surface area (TPSA) is 168 Å². The number of rotatable bonds is 6. The van der Waals surface area contributed by atoms with E-state index < -0.39 is 28.5 Å². The van der Waals surface area contributed by atoms with Crippen LogP contribution in [0, 0.1) is 0 Å². The molecular formula is C14H14N6O7S. The molecule has 0 aromatic carbocycles. The van der Waals surface area contributed by atoms with Gasteiger partial charge in [0, 0.05) is 6.54 Å². The van der Waals surface area contributed by atoms with Crippen LogP contribution in [-0.2, 0) is 19.5 Å². The van der Waals surface area contributed by atoms with E-state index in [4.69, 9.17) is 8.97 Å². The molecule has 0 aliphatic carbocycles. The summed E-state index contributed by atoms with van der Waals surface area (Å²) in [5, 5.41) is 11.0. The van der Waals surface area contributed by atoms with Gasteiger partial charge in [0.25, 0.3) is 5.89 Å². The van der Waals surface area contributed by atoms with E-state index in [1.807, 2.05) is 0 Å². The zero-order valence-electron chi connectivity index (χ0n) is 14.1. The van der Waals surface area contributed by atoms with Crippen molar-refractivity contribution in [2.45, 2.75) is 24.9 Å². The summed E-state index contributed by atoms with van der Waals surface area (Å²) in [6.07, 6.45) is 1.34. The SMILES string of the molecule is O=CNc1cccc(-c2nnc(C3CC[C@@H]4CN3C(=O)N4OS(=O)(=O)O)o2)n1. The molecule has 0 spiro atoms. The molecule has 2 N–H and O–H groups in total. The number of anilines is 1. The van der Waals surface area contributed by atoms with Gasteiger partial charge in [-0.25, -0.2) is 9.78 Å². The molecule has 3 amide bonds. The van der Waals surface area contributed by atoms with Crippen molar-refractivity contribution < 1.29 is 31.3 Å². The predicted octanol–water partition coefficient (Wildman–Crippen LogP) is 0.375. The predicted molar refractivity (Wildman–Crippen MR) is 89.6 cm³/mol. The zero-order chi connectivity index (χ0) is 19.9. The van der Waals surface area contributed by atoms with Crippen LogP contribution >= 0.6 is 0 Å². The number of amides is 3. The Bertz CT molecular complexity index is 1020. The standard InChI is InChI=1S/C14H14N6O7S/c21-7-15-11-3-1-2-9(16-11)12-17-18-13(26-12)10-5-4-8-6-19(10)14(22)20(8)27-28(23,24)25/h1-3,7-8,10H,4-6H2,(H,15,16,21)(H,23,24,25)/t8-,10?/m1/s1. The van der Waals surface area contributed by atoms with Crippen LogP contribution in [0.1, 0.15) is 24.8 Å². The number of hydrogen-bond donors (Lipinski definition) is 2. The maximum atomic E-state index is 12.4. The van der Waals surface area contributed by atoms with Gasteiger partial charge in [-0.2, -0.15) is 13.5 Å². The lowest BCUT2D eigenvalue weighted by Crippen LogP contribution is -2.35. The summed E-state index contributed by atoms with van der Waals surface area (Å²) in [4.78, 5) is 28.5. The number of carbonyl (C=O) groups excluding carboxylic acids is 2. The molecule has 13 nitrogen and oxygen atoms in total. The highest BCUT2D eigenvalue weighted by molar-refractivity contribution is 7.80. The van der Waals surface area contributed by atoms with Crippen LogP contribution in [-0.4, -0.2) is 63.1 Å². The second kappa shape index (κ2) is 6.81. The average Bonchev–Trinajstić information content (AvgIpc) is 3.22. The molecule has 2 atom stereocenters. The Morgan fingerprint density at radius 3 is 2.89 bits per heavy atom. The molecule has 2 saturated heterocycles. The summed E-state index contributed by atoms with van der Waals surface area (Å²) >= 11 is 0. The fourth-order valence-electron chi connectivity index (χ4n) is 3.26. The summed E-state index contributed by atoms with van der Waals surface area (Å²) in [6.45, 7) is 0.188. The highest BCUT2D eigenvalue weighted by Gasteiger charge is 2.49. The monoisotopic (exact) mass is 410 g/mol. The van der Waals surface area contributed by atoms with Crippen molar-refractivity contribution in [1.82, 2.24) is 25.1 Å².